The third-order valence-electron chi connectivity index (χ3n) is 3.09. The Morgan fingerprint density at radius 2 is 2.11 bits per heavy atom. The van der Waals surface area contributed by atoms with Crippen molar-refractivity contribution < 1.29 is 19.4 Å². The van der Waals surface area contributed by atoms with Gasteiger partial charge in [-0.05, 0) is 32.6 Å². The Hall–Kier alpha value is -1.56. The topological polar surface area (TPSA) is 87.7 Å². The molecule has 0 spiro atoms. The Kier molecular flexibility index (Phi) is 5.35. The van der Waals surface area contributed by atoms with Gasteiger partial charge in [-0.15, -0.1) is 0 Å². The molecule has 0 aromatic rings. The zero-order valence-corrected chi connectivity index (χ0v) is 11.5. The normalized spacial score (nSPS) is 17.4. The van der Waals surface area contributed by atoms with E-state index in [1.54, 1.807) is 6.92 Å². The quantitative estimate of drug-likeness (QED) is 0.456. The van der Waals surface area contributed by atoms with Crippen molar-refractivity contribution in [3.8, 4) is 0 Å². The Labute approximate surface area is 113 Å². The van der Waals surface area contributed by atoms with E-state index in [-0.39, 0.29) is 5.92 Å². The summed E-state index contributed by atoms with van der Waals surface area (Å²) in [5, 5.41) is 14.3. The number of amides is 2. The van der Waals surface area contributed by atoms with Crippen molar-refractivity contribution in [3.05, 3.63) is 12.2 Å². The zero-order chi connectivity index (χ0) is 14.5. The molecule has 1 aliphatic carbocycles. The van der Waals surface area contributed by atoms with Crippen LogP contribution in [-0.2, 0) is 9.53 Å². The van der Waals surface area contributed by atoms with Crippen molar-refractivity contribution in [3.63, 3.8) is 0 Å². The van der Waals surface area contributed by atoms with Crippen LogP contribution in [0.15, 0.2) is 12.2 Å². The molecule has 1 atom stereocenters. The second kappa shape index (κ2) is 6.56. The number of carboxylic acids is 1. The molecule has 1 aliphatic rings. The summed E-state index contributed by atoms with van der Waals surface area (Å²) in [5.41, 5.74) is -0.264. The standard InChI is InChI=1S/C13H22N2O4/c1-9(2)8-19-7-6-14-12(18)15-13(3,11(16)17)10-4-5-10/h10H,1,4-8H2,2-3H3,(H,16,17)(H2,14,15,18). The molecular formula is C13H22N2O4. The van der Waals surface area contributed by atoms with Gasteiger partial charge in [0.1, 0.15) is 5.54 Å². The predicted octanol–water partition coefficient (Wildman–Crippen LogP) is 1.13. The highest BCUT2D eigenvalue weighted by Gasteiger charge is 2.48. The SMILES string of the molecule is C=C(C)COCCNC(=O)NC(C)(C(=O)O)C1CC1. The number of carboxylic acid groups (broad SMARTS) is 1. The van der Waals surface area contributed by atoms with Gasteiger partial charge in [-0.25, -0.2) is 9.59 Å². The van der Waals surface area contributed by atoms with Gasteiger partial charge in [-0.2, -0.15) is 0 Å². The van der Waals surface area contributed by atoms with E-state index in [1.165, 1.54) is 0 Å². The summed E-state index contributed by atoms with van der Waals surface area (Å²) in [6, 6.07) is -0.476. The third-order valence-corrected chi connectivity index (χ3v) is 3.09. The molecule has 0 heterocycles. The number of hydrogen-bond acceptors (Lipinski definition) is 3. The molecule has 6 nitrogen and oxygen atoms in total. The lowest BCUT2D eigenvalue weighted by Crippen LogP contribution is -2.57. The van der Waals surface area contributed by atoms with Gasteiger partial charge in [0.05, 0.1) is 13.2 Å². The summed E-state index contributed by atoms with van der Waals surface area (Å²) < 4.78 is 5.22. The summed E-state index contributed by atoms with van der Waals surface area (Å²) >= 11 is 0. The van der Waals surface area contributed by atoms with E-state index in [2.05, 4.69) is 17.2 Å². The molecule has 3 N–H and O–H groups in total. The number of hydrogen-bond donors (Lipinski definition) is 3. The molecule has 6 heteroatoms. The van der Waals surface area contributed by atoms with E-state index in [1.807, 2.05) is 6.92 Å². The minimum Gasteiger partial charge on any atom is -0.480 e. The van der Waals surface area contributed by atoms with Crippen LogP contribution in [0.3, 0.4) is 0 Å². The van der Waals surface area contributed by atoms with Crippen LogP contribution in [0.25, 0.3) is 0 Å². The number of ether oxygens (including phenoxy) is 1. The van der Waals surface area contributed by atoms with E-state index in [0.717, 1.165) is 18.4 Å². The number of rotatable bonds is 8. The molecule has 0 radical (unpaired) electrons. The van der Waals surface area contributed by atoms with Crippen LogP contribution < -0.4 is 10.6 Å². The number of aliphatic carboxylic acids is 1. The molecule has 0 aliphatic heterocycles. The van der Waals surface area contributed by atoms with Crippen LogP contribution in [0.5, 0.6) is 0 Å². The van der Waals surface area contributed by atoms with E-state index >= 15 is 0 Å². The first-order valence-electron chi connectivity index (χ1n) is 6.38. The fourth-order valence-electron chi connectivity index (χ4n) is 1.75. The van der Waals surface area contributed by atoms with Gasteiger partial charge in [0, 0.05) is 6.54 Å². The summed E-state index contributed by atoms with van der Waals surface area (Å²) in [7, 11) is 0. The summed E-state index contributed by atoms with van der Waals surface area (Å²) in [5.74, 6) is -0.973. The predicted molar refractivity (Wildman–Crippen MR) is 70.9 cm³/mol. The maximum atomic E-state index is 11.6. The van der Waals surface area contributed by atoms with Gasteiger partial charge < -0.3 is 20.5 Å². The number of carbonyl (C=O) groups is 2. The second-order valence-electron chi connectivity index (χ2n) is 5.17. The van der Waals surface area contributed by atoms with Crippen molar-refractivity contribution in [2.45, 2.75) is 32.2 Å². The lowest BCUT2D eigenvalue weighted by Gasteiger charge is -2.26. The first-order chi connectivity index (χ1) is 8.86. The van der Waals surface area contributed by atoms with Gasteiger partial charge in [-0.3, -0.25) is 0 Å². The van der Waals surface area contributed by atoms with Crippen LogP contribution in [0.1, 0.15) is 26.7 Å². The van der Waals surface area contributed by atoms with Crippen molar-refractivity contribution in [2.24, 2.45) is 5.92 Å². The smallest absolute Gasteiger partial charge is 0.329 e. The molecule has 108 valence electrons. The second-order valence-corrected chi connectivity index (χ2v) is 5.17. The van der Waals surface area contributed by atoms with Crippen LogP contribution in [-0.4, -0.2) is 42.4 Å². The zero-order valence-electron chi connectivity index (χ0n) is 11.5. The lowest BCUT2D eigenvalue weighted by molar-refractivity contribution is -0.144. The number of nitrogens with one attached hydrogen (secondary N) is 2. The maximum Gasteiger partial charge on any atom is 0.329 e. The van der Waals surface area contributed by atoms with Gasteiger partial charge in [0.15, 0.2) is 0 Å². The van der Waals surface area contributed by atoms with Crippen LogP contribution in [0, 0.1) is 5.92 Å². The van der Waals surface area contributed by atoms with Gasteiger partial charge in [0.2, 0.25) is 0 Å². The molecule has 2 amide bonds. The van der Waals surface area contributed by atoms with Crippen LogP contribution in [0.4, 0.5) is 4.79 Å². The maximum absolute atomic E-state index is 11.6. The van der Waals surface area contributed by atoms with Crippen molar-refractivity contribution >= 4 is 12.0 Å². The average molecular weight is 270 g/mol. The summed E-state index contributed by atoms with van der Waals surface area (Å²) in [6.45, 7) is 8.25. The highest BCUT2D eigenvalue weighted by Crippen LogP contribution is 2.39. The van der Waals surface area contributed by atoms with Crippen molar-refractivity contribution in [1.29, 1.82) is 0 Å². The molecule has 1 fully saturated rings. The molecular weight excluding hydrogens is 248 g/mol. The fraction of sp³-hybridized carbons (Fsp3) is 0.692. The van der Waals surface area contributed by atoms with Gasteiger partial charge in [0.25, 0.3) is 0 Å². The molecule has 0 saturated heterocycles. The highest BCUT2D eigenvalue weighted by molar-refractivity contribution is 5.86. The molecule has 0 aromatic heterocycles. The molecule has 0 aromatic carbocycles. The third kappa shape index (κ3) is 4.90. The minimum atomic E-state index is -1.18. The molecule has 1 saturated carbocycles. The highest BCUT2D eigenvalue weighted by atomic mass is 16.5. The summed E-state index contributed by atoms with van der Waals surface area (Å²) in [4.78, 5) is 22.8. The Bertz CT molecular complexity index is 366. The Balaban J connectivity index is 2.26. The average Bonchev–Trinajstić information content (AvgIpc) is 3.11. The van der Waals surface area contributed by atoms with Crippen LogP contribution in [0.2, 0.25) is 0 Å². The Morgan fingerprint density at radius 3 is 2.58 bits per heavy atom. The number of urea groups is 1. The lowest BCUT2D eigenvalue weighted by atomic mass is 9.96. The molecule has 0 bridgehead atoms. The van der Waals surface area contributed by atoms with Gasteiger partial charge >= 0.3 is 12.0 Å². The summed E-state index contributed by atoms with van der Waals surface area (Å²) in [6.07, 6.45) is 1.68. The van der Waals surface area contributed by atoms with E-state index in [9.17, 15) is 14.7 Å². The monoisotopic (exact) mass is 270 g/mol. The largest absolute Gasteiger partial charge is 0.480 e. The fourth-order valence-corrected chi connectivity index (χ4v) is 1.75. The first-order valence-corrected chi connectivity index (χ1v) is 6.38. The number of carbonyl (C=O) groups excluding carboxylic acids is 1. The molecule has 1 rings (SSSR count). The Morgan fingerprint density at radius 1 is 1.47 bits per heavy atom. The molecule has 19 heavy (non-hydrogen) atoms. The van der Waals surface area contributed by atoms with Crippen molar-refractivity contribution in [1.82, 2.24) is 10.6 Å². The van der Waals surface area contributed by atoms with E-state index < -0.39 is 17.5 Å². The van der Waals surface area contributed by atoms with E-state index in [0.29, 0.717) is 19.8 Å². The first kappa shape index (κ1) is 15.5. The van der Waals surface area contributed by atoms with Crippen molar-refractivity contribution in [2.75, 3.05) is 19.8 Å². The van der Waals surface area contributed by atoms with Crippen LogP contribution >= 0.6 is 0 Å². The minimum absolute atomic E-state index is 0.0235. The van der Waals surface area contributed by atoms with E-state index in [4.69, 9.17) is 4.74 Å². The van der Waals surface area contributed by atoms with Gasteiger partial charge in [-0.1, -0.05) is 12.2 Å². The molecule has 1 unspecified atom stereocenters.